The normalized spacial score (nSPS) is 19.3. The van der Waals surface area contributed by atoms with Crippen molar-refractivity contribution in [2.24, 2.45) is 0 Å². The molecule has 0 bridgehead atoms. The van der Waals surface area contributed by atoms with Crippen molar-refractivity contribution in [2.75, 3.05) is 6.54 Å². The largest absolute Gasteiger partial charge is 0.480 e. The van der Waals surface area contributed by atoms with Crippen molar-refractivity contribution in [3.8, 4) is 0 Å². The molecule has 19 heavy (non-hydrogen) atoms. The van der Waals surface area contributed by atoms with Gasteiger partial charge >= 0.3 is 5.97 Å². The monoisotopic (exact) mass is 302 g/mol. The number of pyridine rings is 1. The summed E-state index contributed by atoms with van der Waals surface area (Å²) in [5.74, 6) is -1.36. The van der Waals surface area contributed by atoms with E-state index in [9.17, 15) is 9.59 Å². The van der Waals surface area contributed by atoms with Crippen LogP contribution < -0.4 is 0 Å². The van der Waals surface area contributed by atoms with E-state index in [2.05, 4.69) is 4.98 Å². The highest BCUT2D eigenvalue weighted by molar-refractivity contribution is 6.33. The van der Waals surface area contributed by atoms with Crippen LogP contribution in [0.4, 0.5) is 0 Å². The lowest BCUT2D eigenvalue weighted by Gasteiger charge is -2.33. The quantitative estimate of drug-likeness (QED) is 0.852. The van der Waals surface area contributed by atoms with Crippen LogP contribution in [0, 0.1) is 0 Å². The van der Waals surface area contributed by atoms with E-state index in [0.29, 0.717) is 13.0 Å². The molecule has 0 saturated carbocycles. The van der Waals surface area contributed by atoms with Gasteiger partial charge in [0.05, 0.1) is 0 Å². The summed E-state index contributed by atoms with van der Waals surface area (Å²) in [7, 11) is 0. The number of likely N-dealkylation sites (tertiary alicyclic amines) is 1. The number of carbonyl (C=O) groups is 2. The first-order chi connectivity index (χ1) is 8.99. The highest BCUT2D eigenvalue weighted by atomic mass is 35.5. The molecule has 1 aliphatic rings. The van der Waals surface area contributed by atoms with Gasteiger partial charge in [-0.15, -0.1) is 0 Å². The number of nitrogens with zero attached hydrogens (tertiary/aromatic N) is 2. The van der Waals surface area contributed by atoms with E-state index in [-0.39, 0.29) is 21.8 Å². The summed E-state index contributed by atoms with van der Waals surface area (Å²) >= 11 is 11.5. The maximum Gasteiger partial charge on any atom is 0.326 e. The second-order valence-electron chi connectivity index (χ2n) is 4.35. The third-order valence-corrected chi connectivity index (χ3v) is 3.45. The minimum absolute atomic E-state index is 0.111. The van der Waals surface area contributed by atoms with Gasteiger partial charge in [0.2, 0.25) is 0 Å². The van der Waals surface area contributed by atoms with Crippen LogP contribution >= 0.6 is 23.2 Å². The Morgan fingerprint density at radius 1 is 1.26 bits per heavy atom. The smallest absolute Gasteiger partial charge is 0.326 e. The van der Waals surface area contributed by atoms with Gasteiger partial charge in [0.25, 0.3) is 5.91 Å². The van der Waals surface area contributed by atoms with Crippen LogP contribution in [0.25, 0.3) is 0 Å². The number of carboxylic acids is 1. The van der Waals surface area contributed by atoms with E-state index in [1.807, 2.05) is 0 Å². The van der Waals surface area contributed by atoms with Crippen LogP contribution in [-0.2, 0) is 4.79 Å². The lowest BCUT2D eigenvalue weighted by atomic mass is 10.0. The molecule has 2 heterocycles. The Morgan fingerprint density at radius 2 is 1.89 bits per heavy atom. The zero-order chi connectivity index (χ0) is 14.0. The molecule has 1 aromatic rings. The lowest BCUT2D eigenvalue weighted by molar-refractivity contribution is -0.143. The summed E-state index contributed by atoms with van der Waals surface area (Å²) in [4.78, 5) is 28.6. The second kappa shape index (κ2) is 5.75. The fraction of sp³-hybridized carbons (Fsp3) is 0.417. The van der Waals surface area contributed by atoms with Gasteiger partial charge in [-0.3, -0.25) is 4.79 Å². The van der Waals surface area contributed by atoms with E-state index in [0.717, 1.165) is 12.8 Å². The summed E-state index contributed by atoms with van der Waals surface area (Å²) in [6.07, 6.45) is 2.06. The molecule has 0 aliphatic carbocycles. The number of aromatic nitrogens is 1. The number of carboxylic acid groups (broad SMARTS) is 1. The number of hydrogen-bond donors (Lipinski definition) is 1. The van der Waals surface area contributed by atoms with Crippen molar-refractivity contribution in [2.45, 2.75) is 25.3 Å². The number of piperidine rings is 1. The topological polar surface area (TPSA) is 70.5 Å². The van der Waals surface area contributed by atoms with Crippen LogP contribution in [0.5, 0.6) is 0 Å². The molecule has 0 aromatic carbocycles. The molecule has 7 heteroatoms. The predicted molar refractivity (Wildman–Crippen MR) is 70.6 cm³/mol. The van der Waals surface area contributed by atoms with Crippen molar-refractivity contribution >= 4 is 35.1 Å². The number of aliphatic carboxylic acids is 1. The van der Waals surface area contributed by atoms with Crippen molar-refractivity contribution < 1.29 is 14.7 Å². The maximum absolute atomic E-state index is 12.3. The average molecular weight is 303 g/mol. The molecular formula is C12H12Cl2N2O3. The molecule has 1 aliphatic heterocycles. The fourth-order valence-corrected chi connectivity index (χ4v) is 2.65. The summed E-state index contributed by atoms with van der Waals surface area (Å²) in [6.45, 7) is 0.424. The van der Waals surface area contributed by atoms with Crippen molar-refractivity contribution in [1.29, 1.82) is 0 Å². The summed E-state index contributed by atoms with van der Waals surface area (Å²) < 4.78 is 0. The fourth-order valence-electron chi connectivity index (χ4n) is 2.19. The minimum Gasteiger partial charge on any atom is -0.480 e. The molecule has 0 unspecified atom stereocenters. The lowest BCUT2D eigenvalue weighted by Crippen LogP contribution is -2.48. The van der Waals surface area contributed by atoms with Crippen LogP contribution in [0.1, 0.15) is 29.6 Å². The first-order valence-corrected chi connectivity index (χ1v) is 6.61. The minimum atomic E-state index is -0.987. The molecule has 102 valence electrons. The molecule has 5 nitrogen and oxygen atoms in total. The molecule has 1 N–H and O–H groups in total. The number of rotatable bonds is 2. The van der Waals surface area contributed by atoms with Crippen molar-refractivity contribution in [3.05, 3.63) is 28.0 Å². The van der Waals surface area contributed by atoms with E-state index < -0.39 is 12.0 Å². The van der Waals surface area contributed by atoms with Crippen LogP contribution in [0.3, 0.4) is 0 Å². The van der Waals surface area contributed by atoms with Crippen LogP contribution in [-0.4, -0.2) is 39.5 Å². The number of halogens is 2. The van der Waals surface area contributed by atoms with Gasteiger partial charge in [-0.05, 0) is 31.4 Å². The van der Waals surface area contributed by atoms with Crippen molar-refractivity contribution in [1.82, 2.24) is 9.88 Å². The zero-order valence-electron chi connectivity index (χ0n) is 9.97. The molecule has 0 radical (unpaired) electrons. The highest BCUT2D eigenvalue weighted by Crippen LogP contribution is 2.22. The van der Waals surface area contributed by atoms with Gasteiger partial charge in [-0.25, -0.2) is 9.78 Å². The Kier molecular flexibility index (Phi) is 4.27. The number of hydrogen-bond acceptors (Lipinski definition) is 3. The van der Waals surface area contributed by atoms with Crippen molar-refractivity contribution in [3.63, 3.8) is 0 Å². The molecule has 2 rings (SSSR count). The number of carbonyl (C=O) groups excluding carboxylic acids is 1. The average Bonchev–Trinajstić information content (AvgIpc) is 2.36. The molecule has 1 fully saturated rings. The predicted octanol–water partition coefficient (Wildman–Crippen LogP) is 2.47. The Labute approximate surface area is 120 Å². The summed E-state index contributed by atoms with van der Waals surface area (Å²) in [5.41, 5.74) is 0.262. The molecule has 1 atom stereocenters. The van der Waals surface area contributed by atoms with Crippen LogP contribution in [0.15, 0.2) is 12.1 Å². The standard InChI is InChI=1S/C12H12Cl2N2O3/c13-9-5-7(6-10(14)15-9)11(17)16-4-2-1-3-8(16)12(18)19/h5-6,8H,1-4H2,(H,18,19)/t8-/m1/s1. The summed E-state index contributed by atoms with van der Waals surface area (Å²) in [6, 6.07) is 2.00. The highest BCUT2D eigenvalue weighted by Gasteiger charge is 2.32. The first-order valence-electron chi connectivity index (χ1n) is 5.86. The van der Waals surface area contributed by atoms with Gasteiger partial charge < -0.3 is 10.0 Å². The van der Waals surface area contributed by atoms with E-state index in [1.165, 1.54) is 17.0 Å². The Balaban J connectivity index is 2.28. The SMILES string of the molecule is O=C(O)[C@H]1CCCCN1C(=O)c1cc(Cl)nc(Cl)c1. The van der Waals surface area contributed by atoms with Crippen LogP contribution in [0.2, 0.25) is 10.3 Å². The van der Waals surface area contributed by atoms with Gasteiger partial charge in [0, 0.05) is 12.1 Å². The van der Waals surface area contributed by atoms with Gasteiger partial charge in [-0.1, -0.05) is 23.2 Å². The Hall–Kier alpha value is -1.33. The third-order valence-electron chi connectivity index (χ3n) is 3.06. The zero-order valence-corrected chi connectivity index (χ0v) is 11.5. The van der Waals surface area contributed by atoms with Gasteiger partial charge in [0.15, 0.2) is 0 Å². The maximum atomic E-state index is 12.3. The van der Waals surface area contributed by atoms with Gasteiger partial charge in [0.1, 0.15) is 16.3 Å². The molecule has 1 amide bonds. The van der Waals surface area contributed by atoms with Gasteiger partial charge in [-0.2, -0.15) is 0 Å². The molecular weight excluding hydrogens is 291 g/mol. The van der Waals surface area contributed by atoms with E-state index >= 15 is 0 Å². The summed E-state index contributed by atoms with van der Waals surface area (Å²) in [5, 5.41) is 9.38. The number of amides is 1. The molecule has 0 spiro atoms. The first kappa shape index (κ1) is 14.1. The molecule has 1 aromatic heterocycles. The van der Waals surface area contributed by atoms with E-state index in [4.69, 9.17) is 28.3 Å². The van der Waals surface area contributed by atoms with E-state index in [1.54, 1.807) is 0 Å². The second-order valence-corrected chi connectivity index (χ2v) is 5.12. The Bertz CT molecular complexity index is 501. The molecule has 1 saturated heterocycles. The Morgan fingerprint density at radius 3 is 2.47 bits per heavy atom. The third kappa shape index (κ3) is 3.16.